The predicted octanol–water partition coefficient (Wildman–Crippen LogP) is 0.101. The van der Waals surface area contributed by atoms with E-state index in [-0.39, 0.29) is 5.50 Å². The number of hydrogen-bond acceptors (Lipinski definition) is 1. The molecule has 3 heteroatoms. The number of likely N-dealkylation sites (N-methyl/N-ethyl adjacent to an activating group) is 1. The van der Waals surface area contributed by atoms with Crippen LogP contribution in [0.2, 0.25) is 0 Å². The smallest absolute Gasteiger partial charge is 0.111 e. The molecule has 0 saturated carbocycles. The van der Waals surface area contributed by atoms with E-state index >= 15 is 0 Å². The molecule has 1 fully saturated rings. The average molecular weight is 134 g/mol. The Morgan fingerprint density at radius 1 is 1.75 bits per heavy atom. The normalized spacial score (nSPS) is 33.0. The van der Waals surface area contributed by atoms with Gasteiger partial charge >= 0.3 is 0 Å². The van der Waals surface area contributed by atoms with E-state index in [1.807, 2.05) is 0 Å². The number of piperazine rings is 1. The van der Waals surface area contributed by atoms with Gasteiger partial charge in [0.2, 0.25) is 0 Å². The van der Waals surface area contributed by atoms with Crippen molar-refractivity contribution in [2.45, 2.75) is 5.50 Å². The Morgan fingerprint density at radius 2 is 2.50 bits per heavy atom. The van der Waals surface area contributed by atoms with Gasteiger partial charge in [-0.25, -0.2) is 5.32 Å². The van der Waals surface area contributed by atoms with Crippen LogP contribution < -0.4 is 5.32 Å². The van der Waals surface area contributed by atoms with Gasteiger partial charge < -0.3 is 4.90 Å². The van der Waals surface area contributed by atoms with E-state index in [1.54, 1.807) is 0 Å². The van der Waals surface area contributed by atoms with E-state index in [0.29, 0.717) is 0 Å². The first-order valence-electron chi connectivity index (χ1n) is 2.78. The van der Waals surface area contributed by atoms with Gasteiger partial charge in [-0.05, 0) is 7.05 Å². The zero-order valence-corrected chi connectivity index (χ0v) is 5.73. The number of hydrogen-bond donors (Lipinski definition) is 0. The fourth-order valence-electron chi connectivity index (χ4n) is 0.775. The lowest BCUT2D eigenvalue weighted by Crippen LogP contribution is -2.42. The fourth-order valence-corrected chi connectivity index (χ4v) is 1.11. The minimum Gasteiger partial charge on any atom is -0.302 e. The Morgan fingerprint density at radius 3 is 2.88 bits per heavy atom. The van der Waals surface area contributed by atoms with Crippen molar-refractivity contribution in [1.82, 2.24) is 10.2 Å². The average Bonchev–Trinajstić information content (AvgIpc) is 1.64. The molecule has 1 atom stereocenters. The number of alkyl halides is 1. The van der Waals surface area contributed by atoms with Crippen molar-refractivity contribution in [3.8, 4) is 0 Å². The van der Waals surface area contributed by atoms with Crippen molar-refractivity contribution in [2.75, 3.05) is 26.7 Å². The van der Waals surface area contributed by atoms with Gasteiger partial charge in [-0.15, -0.1) is 11.6 Å². The largest absolute Gasteiger partial charge is 0.302 e. The summed E-state index contributed by atoms with van der Waals surface area (Å²) in [6.07, 6.45) is 0. The summed E-state index contributed by atoms with van der Waals surface area (Å²) in [6, 6.07) is 0. The van der Waals surface area contributed by atoms with Crippen LogP contribution in [-0.4, -0.2) is 37.1 Å². The molecule has 8 heavy (non-hydrogen) atoms. The van der Waals surface area contributed by atoms with Crippen molar-refractivity contribution >= 4 is 11.6 Å². The zero-order valence-electron chi connectivity index (χ0n) is 4.97. The molecule has 47 valence electrons. The summed E-state index contributed by atoms with van der Waals surface area (Å²) >= 11 is 5.70. The quantitative estimate of drug-likeness (QED) is 0.339. The maximum absolute atomic E-state index is 5.70. The number of rotatable bonds is 0. The van der Waals surface area contributed by atoms with Crippen LogP contribution in [0.15, 0.2) is 0 Å². The monoisotopic (exact) mass is 133 g/mol. The molecule has 1 heterocycles. The minimum absolute atomic E-state index is 0.0359. The summed E-state index contributed by atoms with van der Waals surface area (Å²) < 4.78 is 0. The van der Waals surface area contributed by atoms with E-state index in [9.17, 15) is 0 Å². The Hall–Kier alpha value is 0.210. The molecule has 0 aromatic heterocycles. The number of nitrogens with zero attached hydrogens (tertiary/aromatic N) is 2. The minimum atomic E-state index is 0.0359. The summed E-state index contributed by atoms with van der Waals surface area (Å²) in [5, 5.41) is 4.10. The van der Waals surface area contributed by atoms with Gasteiger partial charge in [0.15, 0.2) is 0 Å². The van der Waals surface area contributed by atoms with Gasteiger partial charge in [0.1, 0.15) is 5.50 Å². The summed E-state index contributed by atoms with van der Waals surface area (Å²) in [5.74, 6) is 0. The second-order valence-corrected chi connectivity index (χ2v) is 2.61. The number of halogens is 1. The Labute approximate surface area is 54.8 Å². The molecular formula is C5H10ClN2. The van der Waals surface area contributed by atoms with Crippen molar-refractivity contribution in [2.24, 2.45) is 0 Å². The van der Waals surface area contributed by atoms with Gasteiger partial charge in [0.05, 0.1) is 0 Å². The highest BCUT2D eigenvalue weighted by molar-refractivity contribution is 6.20. The van der Waals surface area contributed by atoms with Crippen LogP contribution in [-0.2, 0) is 0 Å². The SMILES string of the molecule is CN1CC[N]C(Cl)C1. The molecule has 1 unspecified atom stereocenters. The molecular weight excluding hydrogens is 124 g/mol. The fraction of sp³-hybridized carbons (Fsp3) is 1.00. The summed E-state index contributed by atoms with van der Waals surface area (Å²) in [6.45, 7) is 2.86. The van der Waals surface area contributed by atoms with Crippen molar-refractivity contribution in [3.63, 3.8) is 0 Å². The summed E-state index contributed by atoms with van der Waals surface area (Å²) in [7, 11) is 2.06. The molecule has 1 aliphatic heterocycles. The molecule has 0 aromatic carbocycles. The topological polar surface area (TPSA) is 17.3 Å². The van der Waals surface area contributed by atoms with Gasteiger partial charge in [0, 0.05) is 19.6 Å². The molecule has 0 spiro atoms. The molecule has 1 saturated heterocycles. The van der Waals surface area contributed by atoms with Gasteiger partial charge in [-0.1, -0.05) is 0 Å². The molecule has 0 aromatic rings. The standard InChI is InChI=1S/C5H10ClN2/c1-8-3-2-7-5(6)4-8/h5H,2-4H2,1H3. The maximum Gasteiger partial charge on any atom is 0.111 e. The van der Waals surface area contributed by atoms with Crippen LogP contribution in [0.25, 0.3) is 0 Å². The molecule has 0 aliphatic carbocycles. The van der Waals surface area contributed by atoms with Crippen LogP contribution in [0.5, 0.6) is 0 Å². The van der Waals surface area contributed by atoms with Gasteiger partial charge in [-0.3, -0.25) is 0 Å². The molecule has 0 N–H and O–H groups in total. The molecule has 0 amide bonds. The highest BCUT2D eigenvalue weighted by Crippen LogP contribution is 2.00. The van der Waals surface area contributed by atoms with Crippen molar-refractivity contribution in [3.05, 3.63) is 0 Å². The summed E-state index contributed by atoms with van der Waals surface area (Å²) in [4.78, 5) is 2.19. The third-order valence-electron chi connectivity index (χ3n) is 1.27. The Balaban J connectivity index is 2.23. The second kappa shape index (κ2) is 2.67. The molecule has 1 aliphatic rings. The lowest BCUT2D eigenvalue weighted by atomic mass is 10.4. The second-order valence-electron chi connectivity index (χ2n) is 2.10. The van der Waals surface area contributed by atoms with E-state index < -0.39 is 0 Å². The van der Waals surface area contributed by atoms with Crippen LogP contribution in [0.4, 0.5) is 0 Å². The van der Waals surface area contributed by atoms with Gasteiger partial charge in [-0.2, -0.15) is 0 Å². The zero-order chi connectivity index (χ0) is 5.98. The van der Waals surface area contributed by atoms with Crippen molar-refractivity contribution < 1.29 is 0 Å². The van der Waals surface area contributed by atoms with Crippen LogP contribution in [0, 0.1) is 0 Å². The summed E-state index contributed by atoms with van der Waals surface area (Å²) in [5.41, 5.74) is 0.0359. The van der Waals surface area contributed by atoms with Gasteiger partial charge in [0.25, 0.3) is 0 Å². The van der Waals surface area contributed by atoms with Crippen LogP contribution >= 0.6 is 11.6 Å². The Bertz CT molecular complexity index is 68.8. The lowest BCUT2D eigenvalue weighted by molar-refractivity contribution is 0.271. The first-order valence-corrected chi connectivity index (χ1v) is 3.22. The molecule has 0 bridgehead atoms. The van der Waals surface area contributed by atoms with Crippen molar-refractivity contribution in [1.29, 1.82) is 0 Å². The third kappa shape index (κ3) is 1.62. The van der Waals surface area contributed by atoms with Crippen LogP contribution in [0.3, 0.4) is 0 Å². The van der Waals surface area contributed by atoms with Crippen LogP contribution in [0.1, 0.15) is 0 Å². The molecule has 1 radical (unpaired) electrons. The third-order valence-corrected chi connectivity index (χ3v) is 1.55. The predicted molar refractivity (Wildman–Crippen MR) is 34.1 cm³/mol. The maximum atomic E-state index is 5.70. The van der Waals surface area contributed by atoms with E-state index in [4.69, 9.17) is 11.6 Å². The van der Waals surface area contributed by atoms with E-state index in [2.05, 4.69) is 17.3 Å². The lowest BCUT2D eigenvalue weighted by Gasteiger charge is -2.25. The first kappa shape index (κ1) is 6.33. The first-order chi connectivity index (χ1) is 3.79. The highest BCUT2D eigenvalue weighted by atomic mass is 35.5. The Kier molecular flexibility index (Phi) is 2.11. The molecule has 2 nitrogen and oxygen atoms in total. The molecule has 1 rings (SSSR count). The highest BCUT2D eigenvalue weighted by Gasteiger charge is 2.13. The van der Waals surface area contributed by atoms with E-state index in [1.165, 1.54) is 0 Å². The van der Waals surface area contributed by atoms with E-state index in [0.717, 1.165) is 19.6 Å².